The molecule has 28 heavy (non-hydrogen) atoms. The first-order valence-corrected chi connectivity index (χ1v) is 9.41. The molecule has 3 N–H and O–H groups in total. The lowest BCUT2D eigenvalue weighted by molar-refractivity contribution is -0.129. The number of carbonyl (C=O) groups excluding carboxylic acids is 2. The normalized spacial score (nSPS) is 23.6. The molecule has 2 aromatic heterocycles. The molecule has 0 radical (unpaired) electrons. The molecular formula is C21H20N4O3. The van der Waals surface area contributed by atoms with E-state index in [9.17, 15) is 9.59 Å². The van der Waals surface area contributed by atoms with Gasteiger partial charge in [0.25, 0.3) is 5.91 Å². The lowest BCUT2D eigenvalue weighted by atomic mass is 9.61. The summed E-state index contributed by atoms with van der Waals surface area (Å²) in [7, 11) is 0. The fourth-order valence-electron chi connectivity index (χ4n) is 4.91. The molecule has 7 heteroatoms. The maximum Gasteiger partial charge on any atom is 0.274 e. The molecule has 0 bridgehead atoms. The fraction of sp³-hybridized carbons (Fsp3) is 0.286. The number of fused-ring (bicyclic) bond motifs is 2. The summed E-state index contributed by atoms with van der Waals surface area (Å²) in [5.41, 5.74) is 5.35. The largest absolute Gasteiger partial charge is 0.356 e. The zero-order valence-corrected chi connectivity index (χ0v) is 15.2. The second kappa shape index (κ2) is 6.17. The zero-order valence-electron chi connectivity index (χ0n) is 15.2. The summed E-state index contributed by atoms with van der Waals surface area (Å²) in [5, 5.41) is 12.1. The molecule has 5 rings (SSSR count). The molecule has 0 saturated carbocycles. The van der Waals surface area contributed by atoms with Gasteiger partial charge in [-0.3, -0.25) is 14.8 Å². The van der Waals surface area contributed by atoms with Gasteiger partial charge in [-0.15, -0.1) is 0 Å². The van der Waals surface area contributed by atoms with Crippen LogP contribution >= 0.6 is 0 Å². The Morgan fingerprint density at radius 2 is 2.18 bits per heavy atom. The SMILES string of the molecule is O=C(NO)c1ccc2c(c1)[C@@H](c1cnc3ccccn13)C1(CCNC1=O)CC2. The second-order valence-corrected chi connectivity index (χ2v) is 7.56. The summed E-state index contributed by atoms with van der Waals surface area (Å²) in [6, 6.07) is 11.3. The average Bonchev–Trinajstić information content (AvgIpc) is 3.31. The Hall–Kier alpha value is -3.19. The molecule has 2 atom stereocenters. The molecule has 1 unspecified atom stereocenters. The zero-order chi connectivity index (χ0) is 19.3. The van der Waals surface area contributed by atoms with Crippen LogP contribution in [-0.2, 0) is 11.2 Å². The minimum Gasteiger partial charge on any atom is -0.356 e. The van der Waals surface area contributed by atoms with Crippen LogP contribution in [0.25, 0.3) is 5.65 Å². The first-order chi connectivity index (χ1) is 13.6. The predicted octanol–water partition coefficient (Wildman–Crippen LogP) is 2.04. The molecule has 1 saturated heterocycles. The van der Waals surface area contributed by atoms with Crippen molar-refractivity contribution in [3.63, 3.8) is 0 Å². The molecular weight excluding hydrogens is 356 g/mol. The van der Waals surface area contributed by atoms with Crippen LogP contribution in [-0.4, -0.2) is 33.0 Å². The lowest BCUT2D eigenvalue weighted by Crippen LogP contribution is -2.41. The predicted molar refractivity (Wildman–Crippen MR) is 101 cm³/mol. The molecule has 1 aliphatic heterocycles. The van der Waals surface area contributed by atoms with E-state index in [1.165, 1.54) is 0 Å². The summed E-state index contributed by atoms with van der Waals surface area (Å²) >= 11 is 0. The molecule has 1 spiro atoms. The average molecular weight is 376 g/mol. The van der Waals surface area contributed by atoms with Crippen LogP contribution in [0.5, 0.6) is 0 Å². The van der Waals surface area contributed by atoms with Crippen LogP contribution in [0.4, 0.5) is 0 Å². The number of benzene rings is 1. The van der Waals surface area contributed by atoms with Crippen LogP contribution in [0.3, 0.4) is 0 Å². The summed E-state index contributed by atoms with van der Waals surface area (Å²) < 4.78 is 2.02. The van der Waals surface area contributed by atoms with E-state index >= 15 is 0 Å². The van der Waals surface area contributed by atoms with Gasteiger partial charge in [0.1, 0.15) is 5.65 Å². The Balaban J connectivity index is 1.77. The number of carbonyl (C=O) groups is 2. The minimum absolute atomic E-state index is 0.0612. The van der Waals surface area contributed by atoms with Gasteiger partial charge in [0.05, 0.1) is 11.1 Å². The monoisotopic (exact) mass is 376 g/mol. The molecule has 1 fully saturated rings. The fourth-order valence-corrected chi connectivity index (χ4v) is 4.91. The number of nitrogens with zero attached hydrogens (tertiary/aromatic N) is 2. The van der Waals surface area contributed by atoms with E-state index in [1.807, 2.05) is 41.1 Å². The van der Waals surface area contributed by atoms with Gasteiger partial charge in [-0.25, -0.2) is 10.5 Å². The van der Waals surface area contributed by atoms with Crippen LogP contribution in [0.2, 0.25) is 0 Å². The van der Waals surface area contributed by atoms with Crippen molar-refractivity contribution < 1.29 is 14.8 Å². The van der Waals surface area contributed by atoms with Crippen molar-refractivity contribution in [1.29, 1.82) is 0 Å². The van der Waals surface area contributed by atoms with E-state index in [1.54, 1.807) is 17.6 Å². The summed E-state index contributed by atoms with van der Waals surface area (Å²) in [6.07, 6.45) is 6.06. The van der Waals surface area contributed by atoms with Crippen LogP contribution in [0.1, 0.15) is 45.9 Å². The smallest absolute Gasteiger partial charge is 0.274 e. The van der Waals surface area contributed by atoms with E-state index in [0.29, 0.717) is 12.1 Å². The van der Waals surface area contributed by atoms with Crippen LogP contribution in [0.15, 0.2) is 48.8 Å². The van der Waals surface area contributed by atoms with Crippen molar-refractivity contribution in [3.8, 4) is 0 Å². The highest BCUT2D eigenvalue weighted by Gasteiger charge is 2.52. The number of amides is 2. The maximum absolute atomic E-state index is 13.0. The lowest BCUT2D eigenvalue weighted by Gasteiger charge is -2.40. The molecule has 2 amide bonds. The van der Waals surface area contributed by atoms with Crippen molar-refractivity contribution in [1.82, 2.24) is 20.2 Å². The number of hydrogen-bond donors (Lipinski definition) is 3. The number of hydroxylamine groups is 1. The van der Waals surface area contributed by atoms with E-state index < -0.39 is 11.3 Å². The Kier molecular flexibility index (Phi) is 3.73. The highest BCUT2D eigenvalue weighted by Crippen LogP contribution is 2.53. The minimum atomic E-state index is -0.562. The molecule has 1 aromatic carbocycles. The molecule has 2 aliphatic rings. The Bertz CT molecular complexity index is 1110. The van der Waals surface area contributed by atoms with Gasteiger partial charge < -0.3 is 9.72 Å². The Morgan fingerprint density at radius 3 is 2.96 bits per heavy atom. The molecule has 3 heterocycles. The van der Waals surface area contributed by atoms with Gasteiger partial charge in [0.2, 0.25) is 5.91 Å². The Labute approximate surface area is 161 Å². The molecule has 7 nitrogen and oxygen atoms in total. The third-order valence-electron chi connectivity index (χ3n) is 6.26. The van der Waals surface area contributed by atoms with Crippen molar-refractivity contribution >= 4 is 17.5 Å². The second-order valence-electron chi connectivity index (χ2n) is 7.56. The standard InChI is InChI=1S/C21H20N4O3/c26-19(24-28)14-5-4-13-6-7-21(8-9-22-20(21)27)18(15(13)11-14)16-12-23-17-3-1-2-10-25(16)17/h1-5,10-12,18,28H,6-9H2,(H,22,27)(H,24,26)/t18-,21?/m0/s1. The van der Waals surface area contributed by atoms with Crippen molar-refractivity contribution in [2.75, 3.05) is 6.54 Å². The number of nitrogens with one attached hydrogen (secondary N) is 2. The molecule has 1 aliphatic carbocycles. The van der Waals surface area contributed by atoms with E-state index in [0.717, 1.165) is 41.7 Å². The highest BCUT2D eigenvalue weighted by molar-refractivity contribution is 5.94. The summed E-state index contributed by atoms with van der Waals surface area (Å²) in [6.45, 7) is 0.651. The molecule has 3 aromatic rings. The summed E-state index contributed by atoms with van der Waals surface area (Å²) in [4.78, 5) is 29.6. The first kappa shape index (κ1) is 16.9. The number of rotatable bonds is 2. The van der Waals surface area contributed by atoms with E-state index in [-0.39, 0.29) is 11.8 Å². The number of hydrogen-bond acceptors (Lipinski definition) is 4. The highest BCUT2D eigenvalue weighted by atomic mass is 16.5. The van der Waals surface area contributed by atoms with Crippen molar-refractivity contribution in [2.24, 2.45) is 5.41 Å². The van der Waals surface area contributed by atoms with Gasteiger partial charge >= 0.3 is 0 Å². The third-order valence-corrected chi connectivity index (χ3v) is 6.26. The quantitative estimate of drug-likeness (QED) is 0.471. The first-order valence-electron chi connectivity index (χ1n) is 9.41. The molecule has 142 valence electrons. The van der Waals surface area contributed by atoms with Crippen LogP contribution in [0, 0.1) is 5.41 Å². The van der Waals surface area contributed by atoms with Crippen LogP contribution < -0.4 is 10.8 Å². The van der Waals surface area contributed by atoms with E-state index in [4.69, 9.17) is 5.21 Å². The van der Waals surface area contributed by atoms with Crippen molar-refractivity contribution in [2.45, 2.75) is 25.2 Å². The van der Waals surface area contributed by atoms with Crippen molar-refractivity contribution in [3.05, 3.63) is 71.2 Å². The third kappa shape index (κ3) is 2.29. The topological polar surface area (TPSA) is 95.7 Å². The number of imidazole rings is 1. The summed E-state index contributed by atoms with van der Waals surface area (Å²) in [5.74, 6) is -0.719. The van der Waals surface area contributed by atoms with Gasteiger partial charge in [-0.1, -0.05) is 12.1 Å². The van der Waals surface area contributed by atoms with E-state index in [2.05, 4.69) is 10.3 Å². The van der Waals surface area contributed by atoms with Gasteiger partial charge in [-0.2, -0.15) is 0 Å². The van der Waals surface area contributed by atoms with Gasteiger partial charge in [-0.05, 0) is 54.7 Å². The van der Waals surface area contributed by atoms with Gasteiger partial charge in [0, 0.05) is 30.4 Å². The maximum atomic E-state index is 13.0. The van der Waals surface area contributed by atoms with Gasteiger partial charge in [0.15, 0.2) is 0 Å². The number of aryl methyl sites for hydroxylation is 1. The number of aromatic nitrogens is 2. The Morgan fingerprint density at radius 1 is 1.29 bits per heavy atom. The number of pyridine rings is 1.